The van der Waals surface area contributed by atoms with Crippen molar-refractivity contribution in [3.63, 3.8) is 0 Å². The van der Waals surface area contributed by atoms with Crippen molar-refractivity contribution < 1.29 is 14.7 Å². The van der Waals surface area contributed by atoms with Gasteiger partial charge >= 0.3 is 5.97 Å². The molecule has 1 aromatic heterocycles. The van der Waals surface area contributed by atoms with Gasteiger partial charge in [-0.2, -0.15) is 0 Å². The van der Waals surface area contributed by atoms with Gasteiger partial charge in [-0.25, -0.2) is 4.79 Å². The molecule has 1 rings (SSSR count). The Morgan fingerprint density at radius 3 is 2.60 bits per heavy atom. The molecule has 0 aromatic carbocycles. The zero-order valence-corrected chi connectivity index (χ0v) is 12.3. The van der Waals surface area contributed by atoms with Crippen molar-refractivity contribution in [2.45, 2.75) is 26.3 Å². The van der Waals surface area contributed by atoms with Crippen LogP contribution in [-0.4, -0.2) is 42.1 Å². The molecule has 1 heterocycles. The van der Waals surface area contributed by atoms with Crippen LogP contribution in [0.5, 0.6) is 0 Å². The normalized spacial score (nSPS) is 13.4. The highest BCUT2D eigenvalue weighted by Gasteiger charge is 2.26. The molecular formula is C14H21N3O3. The fraction of sp³-hybridized carbons (Fsp3) is 0.500. The number of nitrogens with zero attached hydrogens (tertiary/aromatic N) is 2. The van der Waals surface area contributed by atoms with Crippen molar-refractivity contribution >= 4 is 17.6 Å². The SMILES string of the molecule is CC[C@H](C)[C@H](NC(=O)c1cc(N(C)C)ccn1)C(=O)O. The quantitative estimate of drug-likeness (QED) is 0.822. The Bertz CT molecular complexity index is 488. The van der Waals surface area contributed by atoms with E-state index in [4.69, 9.17) is 0 Å². The summed E-state index contributed by atoms with van der Waals surface area (Å²) in [6.45, 7) is 3.68. The standard InChI is InChI=1S/C14H21N3O3/c1-5-9(2)12(14(19)20)16-13(18)11-8-10(17(3)4)6-7-15-11/h6-9,12H,5H2,1-4H3,(H,16,18)(H,19,20)/t9-,12-/m0/s1. The number of anilines is 1. The molecule has 2 atom stereocenters. The summed E-state index contributed by atoms with van der Waals surface area (Å²) in [7, 11) is 3.71. The predicted octanol–water partition coefficient (Wildman–Crippen LogP) is 1.38. The third-order valence-corrected chi connectivity index (χ3v) is 3.26. The molecule has 0 fully saturated rings. The topological polar surface area (TPSA) is 82.5 Å². The van der Waals surface area contributed by atoms with E-state index in [-0.39, 0.29) is 11.6 Å². The van der Waals surface area contributed by atoms with E-state index in [0.29, 0.717) is 6.42 Å². The van der Waals surface area contributed by atoms with Gasteiger partial charge in [0, 0.05) is 26.0 Å². The number of carbonyl (C=O) groups excluding carboxylic acids is 1. The van der Waals surface area contributed by atoms with E-state index < -0.39 is 17.9 Å². The van der Waals surface area contributed by atoms with Crippen molar-refractivity contribution in [2.24, 2.45) is 5.92 Å². The van der Waals surface area contributed by atoms with Gasteiger partial charge in [-0.05, 0) is 18.1 Å². The van der Waals surface area contributed by atoms with Crippen LogP contribution >= 0.6 is 0 Å². The monoisotopic (exact) mass is 279 g/mol. The number of amides is 1. The van der Waals surface area contributed by atoms with Gasteiger partial charge in [-0.15, -0.1) is 0 Å². The molecule has 6 heteroatoms. The number of hydrogen-bond donors (Lipinski definition) is 2. The van der Waals surface area contributed by atoms with Crippen LogP contribution in [0.4, 0.5) is 5.69 Å². The zero-order chi connectivity index (χ0) is 15.3. The van der Waals surface area contributed by atoms with Crippen molar-refractivity contribution in [2.75, 3.05) is 19.0 Å². The Morgan fingerprint density at radius 1 is 1.45 bits per heavy atom. The molecule has 1 aromatic rings. The minimum atomic E-state index is -1.03. The molecule has 0 saturated carbocycles. The molecule has 20 heavy (non-hydrogen) atoms. The van der Waals surface area contributed by atoms with Gasteiger partial charge < -0.3 is 15.3 Å². The number of aliphatic carboxylic acids is 1. The summed E-state index contributed by atoms with van der Waals surface area (Å²) in [6.07, 6.45) is 2.20. The molecule has 0 unspecified atom stereocenters. The van der Waals surface area contributed by atoms with Crippen LogP contribution in [0.2, 0.25) is 0 Å². The summed E-state index contributed by atoms with van der Waals surface area (Å²) in [5, 5.41) is 11.7. The van der Waals surface area contributed by atoms with Crippen LogP contribution in [0.1, 0.15) is 30.8 Å². The zero-order valence-electron chi connectivity index (χ0n) is 12.3. The fourth-order valence-corrected chi connectivity index (χ4v) is 1.72. The highest BCUT2D eigenvalue weighted by atomic mass is 16.4. The Kier molecular flexibility index (Phi) is 5.49. The number of aromatic nitrogens is 1. The first kappa shape index (κ1) is 15.9. The molecule has 0 radical (unpaired) electrons. The van der Waals surface area contributed by atoms with Crippen LogP contribution in [0.3, 0.4) is 0 Å². The van der Waals surface area contributed by atoms with E-state index in [2.05, 4.69) is 10.3 Å². The second-order valence-electron chi connectivity index (χ2n) is 4.97. The molecule has 0 spiro atoms. The van der Waals surface area contributed by atoms with E-state index in [9.17, 15) is 14.7 Å². The highest BCUT2D eigenvalue weighted by molar-refractivity contribution is 5.95. The Morgan fingerprint density at radius 2 is 2.10 bits per heavy atom. The van der Waals surface area contributed by atoms with Crippen LogP contribution in [0, 0.1) is 5.92 Å². The maximum absolute atomic E-state index is 12.1. The third-order valence-electron chi connectivity index (χ3n) is 3.26. The maximum Gasteiger partial charge on any atom is 0.326 e. The van der Waals surface area contributed by atoms with E-state index in [1.807, 2.05) is 25.9 Å². The summed E-state index contributed by atoms with van der Waals surface area (Å²) in [5.41, 5.74) is 1.05. The Hall–Kier alpha value is -2.11. The lowest BCUT2D eigenvalue weighted by Gasteiger charge is -2.20. The van der Waals surface area contributed by atoms with Crippen LogP contribution in [-0.2, 0) is 4.79 Å². The largest absolute Gasteiger partial charge is 0.480 e. The fourth-order valence-electron chi connectivity index (χ4n) is 1.72. The molecule has 1 amide bonds. The number of nitrogens with one attached hydrogen (secondary N) is 1. The summed E-state index contributed by atoms with van der Waals surface area (Å²) in [6, 6.07) is 2.50. The Labute approximate surface area is 118 Å². The lowest BCUT2D eigenvalue weighted by molar-refractivity contribution is -0.140. The summed E-state index contributed by atoms with van der Waals surface area (Å²) in [5.74, 6) is -1.65. The lowest BCUT2D eigenvalue weighted by atomic mass is 9.99. The summed E-state index contributed by atoms with van der Waals surface area (Å²) >= 11 is 0. The van der Waals surface area contributed by atoms with E-state index in [1.165, 1.54) is 6.20 Å². The first-order chi connectivity index (χ1) is 9.36. The van der Waals surface area contributed by atoms with Crippen molar-refractivity contribution in [1.82, 2.24) is 10.3 Å². The second-order valence-corrected chi connectivity index (χ2v) is 4.97. The highest BCUT2D eigenvalue weighted by Crippen LogP contribution is 2.13. The molecule has 2 N–H and O–H groups in total. The van der Waals surface area contributed by atoms with Crippen molar-refractivity contribution in [1.29, 1.82) is 0 Å². The van der Waals surface area contributed by atoms with Crippen LogP contribution in [0.15, 0.2) is 18.3 Å². The number of carboxylic acid groups (broad SMARTS) is 1. The average Bonchev–Trinajstić information content (AvgIpc) is 2.43. The molecule has 0 bridgehead atoms. The van der Waals surface area contributed by atoms with E-state index in [1.54, 1.807) is 19.1 Å². The van der Waals surface area contributed by atoms with Crippen LogP contribution < -0.4 is 10.2 Å². The molecular weight excluding hydrogens is 258 g/mol. The first-order valence-electron chi connectivity index (χ1n) is 6.53. The smallest absolute Gasteiger partial charge is 0.326 e. The van der Waals surface area contributed by atoms with E-state index >= 15 is 0 Å². The summed E-state index contributed by atoms with van der Waals surface area (Å²) < 4.78 is 0. The molecule has 110 valence electrons. The molecule has 0 aliphatic heterocycles. The van der Waals surface area contributed by atoms with Crippen molar-refractivity contribution in [3.05, 3.63) is 24.0 Å². The minimum Gasteiger partial charge on any atom is -0.480 e. The van der Waals surface area contributed by atoms with Gasteiger partial charge in [0.2, 0.25) is 0 Å². The first-order valence-corrected chi connectivity index (χ1v) is 6.53. The predicted molar refractivity (Wildman–Crippen MR) is 76.9 cm³/mol. The van der Waals surface area contributed by atoms with Gasteiger partial charge in [0.25, 0.3) is 5.91 Å². The average molecular weight is 279 g/mol. The summed E-state index contributed by atoms with van der Waals surface area (Å²) in [4.78, 5) is 29.1. The number of carbonyl (C=O) groups is 2. The van der Waals surface area contributed by atoms with Gasteiger partial charge in [0.15, 0.2) is 0 Å². The van der Waals surface area contributed by atoms with Gasteiger partial charge in [-0.1, -0.05) is 20.3 Å². The van der Waals surface area contributed by atoms with Gasteiger partial charge in [0.1, 0.15) is 11.7 Å². The second kappa shape index (κ2) is 6.88. The maximum atomic E-state index is 12.1. The minimum absolute atomic E-state index is 0.145. The number of carboxylic acids is 1. The lowest BCUT2D eigenvalue weighted by Crippen LogP contribution is -2.45. The molecule has 6 nitrogen and oxygen atoms in total. The van der Waals surface area contributed by atoms with E-state index in [0.717, 1.165) is 5.69 Å². The third kappa shape index (κ3) is 3.94. The molecule has 0 aliphatic carbocycles. The Balaban J connectivity index is 2.89. The molecule has 0 saturated heterocycles. The molecule has 0 aliphatic rings. The van der Waals surface area contributed by atoms with Crippen molar-refractivity contribution in [3.8, 4) is 0 Å². The number of rotatable bonds is 6. The van der Waals surface area contributed by atoms with Crippen LogP contribution in [0.25, 0.3) is 0 Å². The van der Waals surface area contributed by atoms with Gasteiger partial charge in [0.05, 0.1) is 0 Å². The number of hydrogen-bond acceptors (Lipinski definition) is 4. The number of pyridine rings is 1. The van der Waals surface area contributed by atoms with Gasteiger partial charge in [-0.3, -0.25) is 9.78 Å².